The van der Waals surface area contributed by atoms with Gasteiger partial charge in [0.25, 0.3) is 5.91 Å². The molecule has 4 rings (SSSR count). The fourth-order valence-electron chi connectivity index (χ4n) is 3.49. The van der Waals surface area contributed by atoms with Gasteiger partial charge < -0.3 is 19.5 Å². The number of nitrogens with one attached hydrogen (secondary N) is 1. The lowest BCUT2D eigenvalue weighted by Crippen LogP contribution is -2.48. The lowest BCUT2D eigenvalue weighted by atomic mass is 10.1. The van der Waals surface area contributed by atoms with Crippen molar-refractivity contribution >= 4 is 22.6 Å². The smallest absolute Gasteiger partial charge is 0.254 e. The first-order valence-corrected chi connectivity index (χ1v) is 8.79. The van der Waals surface area contributed by atoms with E-state index < -0.39 is 0 Å². The molecular weight excluding hydrogens is 328 g/mol. The van der Waals surface area contributed by atoms with E-state index in [9.17, 15) is 4.79 Å². The first-order chi connectivity index (χ1) is 12.7. The number of hydrogen-bond donors (Lipinski definition) is 1. The van der Waals surface area contributed by atoms with Gasteiger partial charge in [-0.3, -0.25) is 4.79 Å². The molecule has 1 aliphatic heterocycles. The molecule has 26 heavy (non-hydrogen) atoms. The number of amides is 1. The summed E-state index contributed by atoms with van der Waals surface area (Å²) in [6.07, 6.45) is 0. The predicted octanol–water partition coefficient (Wildman–Crippen LogP) is 2.84. The van der Waals surface area contributed by atoms with Crippen LogP contribution < -0.4 is 9.64 Å². The summed E-state index contributed by atoms with van der Waals surface area (Å²) < 4.78 is 5.45. The Hall–Kier alpha value is -3.02. The van der Waals surface area contributed by atoms with Crippen molar-refractivity contribution < 1.29 is 9.53 Å². The zero-order valence-corrected chi connectivity index (χ0v) is 15.0. The molecule has 0 spiro atoms. The number of benzene rings is 2. The average molecular weight is 350 g/mol. The van der Waals surface area contributed by atoms with Crippen LogP contribution in [0.15, 0.2) is 42.5 Å². The number of aryl methyl sites for hydroxylation is 1. The number of methoxy groups -OCH3 is 1. The molecule has 0 atom stereocenters. The van der Waals surface area contributed by atoms with Crippen LogP contribution in [-0.2, 0) is 0 Å². The van der Waals surface area contributed by atoms with Crippen molar-refractivity contribution in [2.45, 2.75) is 6.92 Å². The highest BCUT2D eigenvalue weighted by Gasteiger charge is 2.24. The third kappa shape index (κ3) is 2.98. The Morgan fingerprint density at radius 1 is 1.12 bits per heavy atom. The molecule has 0 bridgehead atoms. The van der Waals surface area contributed by atoms with Crippen molar-refractivity contribution in [2.24, 2.45) is 0 Å². The molecule has 0 radical (unpaired) electrons. The second-order valence-corrected chi connectivity index (χ2v) is 6.51. The summed E-state index contributed by atoms with van der Waals surface area (Å²) >= 11 is 0. The summed E-state index contributed by atoms with van der Waals surface area (Å²) in [5.74, 6) is 1.79. The summed E-state index contributed by atoms with van der Waals surface area (Å²) in [6, 6.07) is 13.7. The van der Waals surface area contributed by atoms with Gasteiger partial charge in [-0.25, -0.2) is 4.98 Å². The second-order valence-electron chi connectivity index (χ2n) is 6.51. The zero-order chi connectivity index (χ0) is 18.1. The van der Waals surface area contributed by atoms with Crippen LogP contribution in [0.2, 0.25) is 0 Å². The first kappa shape index (κ1) is 16.4. The number of anilines is 1. The van der Waals surface area contributed by atoms with E-state index in [4.69, 9.17) is 4.74 Å². The van der Waals surface area contributed by atoms with Gasteiger partial charge in [0.15, 0.2) is 0 Å². The molecule has 134 valence electrons. The molecule has 1 fully saturated rings. The zero-order valence-electron chi connectivity index (χ0n) is 15.0. The number of imidazole rings is 1. The van der Waals surface area contributed by atoms with E-state index in [-0.39, 0.29) is 5.91 Å². The predicted molar refractivity (Wildman–Crippen MR) is 102 cm³/mol. The van der Waals surface area contributed by atoms with E-state index in [1.165, 1.54) is 0 Å². The van der Waals surface area contributed by atoms with Gasteiger partial charge in [-0.15, -0.1) is 0 Å². The van der Waals surface area contributed by atoms with Gasteiger partial charge in [0.2, 0.25) is 0 Å². The van der Waals surface area contributed by atoms with Crippen LogP contribution in [0.1, 0.15) is 16.2 Å². The summed E-state index contributed by atoms with van der Waals surface area (Å²) in [6.45, 7) is 4.88. The van der Waals surface area contributed by atoms with Crippen LogP contribution in [0, 0.1) is 6.92 Å². The highest BCUT2D eigenvalue weighted by molar-refractivity contribution is 5.97. The number of carbonyl (C=O) groups excluding carboxylic acids is 1. The number of aromatic nitrogens is 2. The Morgan fingerprint density at radius 2 is 1.88 bits per heavy atom. The monoisotopic (exact) mass is 350 g/mol. The number of para-hydroxylation sites is 2. The third-order valence-corrected chi connectivity index (χ3v) is 4.84. The van der Waals surface area contributed by atoms with Gasteiger partial charge in [0.1, 0.15) is 11.6 Å². The summed E-state index contributed by atoms with van der Waals surface area (Å²) in [5, 5.41) is 0. The molecule has 1 aliphatic rings. The van der Waals surface area contributed by atoms with Crippen LogP contribution in [0.3, 0.4) is 0 Å². The Balaban J connectivity index is 1.47. The Kier molecular flexibility index (Phi) is 4.24. The van der Waals surface area contributed by atoms with E-state index in [1.807, 2.05) is 48.2 Å². The molecule has 6 nitrogen and oxygen atoms in total. The van der Waals surface area contributed by atoms with Crippen molar-refractivity contribution in [1.29, 1.82) is 0 Å². The minimum atomic E-state index is 0.0684. The van der Waals surface area contributed by atoms with Gasteiger partial charge in [-0.1, -0.05) is 12.1 Å². The minimum Gasteiger partial charge on any atom is -0.495 e. The summed E-state index contributed by atoms with van der Waals surface area (Å²) in [5.41, 5.74) is 3.57. The van der Waals surface area contributed by atoms with E-state index in [0.29, 0.717) is 18.7 Å². The van der Waals surface area contributed by atoms with Crippen molar-refractivity contribution in [3.8, 4) is 5.75 Å². The Bertz CT molecular complexity index is 942. The molecule has 3 aromatic rings. The van der Waals surface area contributed by atoms with Crippen LogP contribution >= 0.6 is 0 Å². The minimum absolute atomic E-state index is 0.0684. The number of ether oxygens (including phenoxy) is 1. The van der Waals surface area contributed by atoms with Gasteiger partial charge in [0.05, 0.1) is 23.8 Å². The lowest BCUT2D eigenvalue weighted by Gasteiger charge is -2.36. The molecule has 1 aromatic heterocycles. The van der Waals surface area contributed by atoms with Gasteiger partial charge in [0, 0.05) is 31.7 Å². The maximum absolute atomic E-state index is 12.9. The number of rotatable bonds is 3. The molecule has 1 saturated heterocycles. The molecule has 0 saturated carbocycles. The number of carbonyl (C=O) groups is 1. The van der Waals surface area contributed by atoms with Crippen molar-refractivity contribution in [3.63, 3.8) is 0 Å². The Labute approximate surface area is 152 Å². The van der Waals surface area contributed by atoms with Crippen molar-refractivity contribution in [1.82, 2.24) is 14.9 Å². The van der Waals surface area contributed by atoms with E-state index in [2.05, 4.69) is 20.9 Å². The average Bonchev–Trinajstić information content (AvgIpc) is 3.06. The number of aromatic amines is 1. The summed E-state index contributed by atoms with van der Waals surface area (Å²) in [4.78, 5) is 24.6. The van der Waals surface area contributed by atoms with Crippen LogP contribution in [0.25, 0.3) is 11.0 Å². The SMILES string of the molecule is COc1ccccc1N1CCN(C(=O)c2ccc3nc(C)[nH]c3c2)CC1. The molecule has 0 unspecified atom stereocenters. The molecule has 1 N–H and O–H groups in total. The quantitative estimate of drug-likeness (QED) is 0.789. The molecular formula is C20H22N4O2. The van der Waals surface area contributed by atoms with Crippen molar-refractivity contribution in [3.05, 3.63) is 53.9 Å². The largest absolute Gasteiger partial charge is 0.495 e. The summed E-state index contributed by atoms with van der Waals surface area (Å²) in [7, 11) is 1.69. The maximum atomic E-state index is 12.9. The number of hydrogen-bond acceptors (Lipinski definition) is 4. The Morgan fingerprint density at radius 3 is 2.65 bits per heavy atom. The fraction of sp³-hybridized carbons (Fsp3) is 0.300. The molecule has 6 heteroatoms. The lowest BCUT2D eigenvalue weighted by molar-refractivity contribution is 0.0747. The maximum Gasteiger partial charge on any atom is 0.254 e. The highest BCUT2D eigenvalue weighted by Crippen LogP contribution is 2.28. The van der Waals surface area contributed by atoms with E-state index in [1.54, 1.807) is 7.11 Å². The molecule has 1 amide bonds. The number of fused-ring (bicyclic) bond motifs is 1. The fourth-order valence-corrected chi connectivity index (χ4v) is 3.49. The topological polar surface area (TPSA) is 61.5 Å². The van der Waals surface area contributed by atoms with Crippen LogP contribution in [0.4, 0.5) is 5.69 Å². The third-order valence-electron chi connectivity index (χ3n) is 4.84. The van der Waals surface area contributed by atoms with E-state index >= 15 is 0 Å². The molecule has 0 aliphatic carbocycles. The van der Waals surface area contributed by atoms with Crippen molar-refractivity contribution in [2.75, 3.05) is 38.2 Å². The molecule has 2 heterocycles. The first-order valence-electron chi connectivity index (χ1n) is 8.79. The number of nitrogens with zero attached hydrogens (tertiary/aromatic N) is 3. The normalized spacial score (nSPS) is 14.7. The standard InChI is InChI=1S/C20H22N4O2/c1-14-21-16-8-7-15(13-17(16)22-14)20(25)24-11-9-23(10-12-24)18-5-3-4-6-19(18)26-2/h3-8,13H,9-12H2,1-2H3,(H,21,22). The van der Waals surface area contributed by atoms with Gasteiger partial charge in [-0.05, 0) is 37.3 Å². The van der Waals surface area contributed by atoms with E-state index in [0.717, 1.165) is 41.4 Å². The van der Waals surface area contributed by atoms with Crippen LogP contribution in [0.5, 0.6) is 5.75 Å². The van der Waals surface area contributed by atoms with Gasteiger partial charge >= 0.3 is 0 Å². The second kappa shape index (κ2) is 6.71. The van der Waals surface area contributed by atoms with Crippen LogP contribution in [-0.4, -0.2) is 54.1 Å². The number of piperazine rings is 1. The van der Waals surface area contributed by atoms with Gasteiger partial charge in [-0.2, -0.15) is 0 Å². The number of H-pyrrole nitrogens is 1. The molecule has 2 aromatic carbocycles. The highest BCUT2D eigenvalue weighted by atomic mass is 16.5.